The van der Waals surface area contributed by atoms with Crippen molar-refractivity contribution in [3.05, 3.63) is 41.2 Å². The Hall–Kier alpha value is -2.28. The zero-order chi connectivity index (χ0) is 19.3. The Morgan fingerprint density at radius 3 is 2.75 bits per heavy atom. The van der Waals surface area contributed by atoms with Crippen LogP contribution < -0.4 is 5.32 Å². The van der Waals surface area contributed by atoms with Crippen molar-refractivity contribution in [1.82, 2.24) is 14.9 Å². The number of nitrogens with zero attached hydrogens (tertiary/aromatic N) is 3. The molecule has 2 aromatic rings. The summed E-state index contributed by atoms with van der Waals surface area (Å²) < 4.78 is 0. The lowest BCUT2D eigenvalue weighted by atomic mass is 9.86. The number of thiazole rings is 1. The van der Waals surface area contributed by atoms with Gasteiger partial charge in [0.05, 0.1) is 0 Å². The summed E-state index contributed by atoms with van der Waals surface area (Å²) in [5, 5.41) is 5.17. The zero-order valence-corrected chi connectivity index (χ0v) is 16.8. The Kier molecular flexibility index (Phi) is 6.00. The van der Waals surface area contributed by atoms with Gasteiger partial charge in [0.25, 0.3) is 5.91 Å². The number of anilines is 1. The van der Waals surface area contributed by atoms with Crippen molar-refractivity contribution < 1.29 is 9.59 Å². The molecule has 28 heavy (non-hydrogen) atoms. The summed E-state index contributed by atoms with van der Waals surface area (Å²) in [7, 11) is 0. The number of hydrogen-bond donors (Lipinski definition) is 1. The van der Waals surface area contributed by atoms with Gasteiger partial charge in [-0.1, -0.05) is 25.3 Å². The molecule has 1 N–H and O–H groups in total. The molecule has 2 aliphatic rings. The van der Waals surface area contributed by atoms with Crippen LogP contribution in [0.3, 0.4) is 0 Å². The first kappa shape index (κ1) is 19.1. The molecule has 0 bridgehead atoms. The smallest absolute Gasteiger partial charge is 0.276 e. The van der Waals surface area contributed by atoms with Gasteiger partial charge in [0, 0.05) is 42.2 Å². The summed E-state index contributed by atoms with van der Waals surface area (Å²) in [6.45, 7) is 1.55. The number of likely N-dealkylation sites (tertiary alicyclic amines) is 1. The Bertz CT molecular complexity index is 818. The summed E-state index contributed by atoms with van der Waals surface area (Å²) in [6.07, 6.45) is 9.31. The van der Waals surface area contributed by atoms with E-state index in [-0.39, 0.29) is 17.7 Å². The summed E-state index contributed by atoms with van der Waals surface area (Å²) in [4.78, 5) is 36.1. The lowest BCUT2D eigenvalue weighted by molar-refractivity contribution is -0.137. The molecule has 148 valence electrons. The van der Waals surface area contributed by atoms with Crippen molar-refractivity contribution in [3.63, 3.8) is 0 Å². The van der Waals surface area contributed by atoms with Gasteiger partial charge in [-0.15, -0.1) is 11.3 Å². The molecule has 0 aromatic carbocycles. The second kappa shape index (κ2) is 8.82. The second-order valence-corrected chi connectivity index (χ2v) is 8.59. The molecule has 2 amide bonds. The molecule has 0 unspecified atom stereocenters. The van der Waals surface area contributed by atoms with Crippen molar-refractivity contribution in [3.8, 4) is 0 Å². The molecular weight excluding hydrogens is 372 g/mol. The number of rotatable bonds is 4. The number of carbonyl (C=O) groups excluding carboxylic acids is 2. The molecule has 1 saturated heterocycles. The summed E-state index contributed by atoms with van der Waals surface area (Å²) in [6, 6.07) is 5.57. The number of amides is 2. The number of pyridine rings is 1. The number of hydrogen-bond acceptors (Lipinski definition) is 5. The highest BCUT2D eigenvalue weighted by Gasteiger charge is 2.30. The van der Waals surface area contributed by atoms with E-state index in [0.717, 1.165) is 37.9 Å². The molecule has 0 spiro atoms. The van der Waals surface area contributed by atoms with E-state index in [0.29, 0.717) is 23.3 Å². The van der Waals surface area contributed by atoms with Gasteiger partial charge in [-0.3, -0.25) is 14.9 Å². The Morgan fingerprint density at radius 2 is 1.96 bits per heavy atom. The third-order valence-corrected chi connectivity index (χ3v) is 6.45. The second-order valence-electron chi connectivity index (χ2n) is 7.70. The first-order valence-electron chi connectivity index (χ1n) is 10.2. The number of carbonyl (C=O) groups is 2. The van der Waals surface area contributed by atoms with Gasteiger partial charge in [-0.25, -0.2) is 9.97 Å². The van der Waals surface area contributed by atoms with Crippen LogP contribution in [0, 0.1) is 5.92 Å². The normalized spacial score (nSPS) is 20.7. The highest BCUT2D eigenvalue weighted by atomic mass is 32.1. The van der Waals surface area contributed by atoms with Crippen LogP contribution in [-0.4, -0.2) is 39.8 Å². The number of nitrogens with one attached hydrogen (secondary N) is 1. The maximum Gasteiger partial charge on any atom is 0.276 e. The predicted octanol–water partition coefficient (Wildman–Crippen LogP) is 4.08. The van der Waals surface area contributed by atoms with Crippen molar-refractivity contribution in [2.45, 2.75) is 50.9 Å². The predicted molar refractivity (Wildman–Crippen MR) is 109 cm³/mol. The van der Waals surface area contributed by atoms with Crippen LogP contribution in [0.2, 0.25) is 0 Å². The largest absolute Gasteiger partial charge is 0.342 e. The standard InChI is InChI=1S/C21H26N4O2S/c26-19(24-21-22-11-13-28-21)18-10-4-9-17(23-18)16-8-5-12-25(14-16)20(27)15-6-2-1-3-7-15/h4,9-11,13,15-16H,1-3,5-8,12,14H2,(H,22,24,26)/t16-/m1/s1. The minimum atomic E-state index is -0.247. The van der Waals surface area contributed by atoms with Gasteiger partial charge in [-0.05, 0) is 37.8 Å². The van der Waals surface area contributed by atoms with E-state index in [1.54, 1.807) is 12.3 Å². The van der Waals surface area contributed by atoms with Gasteiger partial charge in [0.1, 0.15) is 5.69 Å². The van der Waals surface area contributed by atoms with Crippen molar-refractivity contribution in [2.75, 3.05) is 18.4 Å². The van der Waals surface area contributed by atoms with Crippen molar-refractivity contribution in [2.24, 2.45) is 5.92 Å². The minimum absolute atomic E-state index is 0.189. The third-order valence-electron chi connectivity index (χ3n) is 5.76. The Morgan fingerprint density at radius 1 is 1.11 bits per heavy atom. The SMILES string of the molecule is O=C(Nc1nccs1)c1cccc([C@@H]2CCCN(C(=O)C3CCCCC3)C2)n1. The van der Waals surface area contributed by atoms with Gasteiger partial charge in [0.2, 0.25) is 5.91 Å². The maximum atomic E-state index is 12.9. The summed E-state index contributed by atoms with van der Waals surface area (Å²) in [5.41, 5.74) is 1.29. The van der Waals surface area contributed by atoms with Crippen LogP contribution in [-0.2, 0) is 4.79 Å². The lowest BCUT2D eigenvalue weighted by Crippen LogP contribution is -2.43. The quantitative estimate of drug-likeness (QED) is 0.842. The van der Waals surface area contributed by atoms with Crippen molar-refractivity contribution >= 4 is 28.3 Å². The first-order chi connectivity index (χ1) is 13.7. The average molecular weight is 399 g/mol. The van der Waals surface area contributed by atoms with Gasteiger partial charge in [-0.2, -0.15) is 0 Å². The van der Waals surface area contributed by atoms with Crippen molar-refractivity contribution in [1.29, 1.82) is 0 Å². The molecule has 7 heteroatoms. The molecule has 2 fully saturated rings. The minimum Gasteiger partial charge on any atom is -0.342 e. The van der Waals surface area contributed by atoms with E-state index in [1.807, 2.05) is 22.4 Å². The van der Waals surface area contributed by atoms with Gasteiger partial charge >= 0.3 is 0 Å². The van der Waals surface area contributed by atoms with E-state index >= 15 is 0 Å². The molecule has 1 saturated carbocycles. The van der Waals surface area contributed by atoms with Crippen LogP contribution in [0.1, 0.15) is 67.0 Å². The van der Waals surface area contributed by atoms with Crippen LogP contribution in [0.5, 0.6) is 0 Å². The Balaban J connectivity index is 1.43. The topological polar surface area (TPSA) is 75.2 Å². The number of piperidine rings is 1. The van der Waals surface area contributed by atoms with Crippen LogP contribution >= 0.6 is 11.3 Å². The van der Waals surface area contributed by atoms with Gasteiger partial charge < -0.3 is 4.90 Å². The molecule has 0 radical (unpaired) electrons. The fourth-order valence-electron chi connectivity index (χ4n) is 4.28. The molecular formula is C21H26N4O2S. The monoisotopic (exact) mass is 398 g/mol. The molecule has 6 nitrogen and oxygen atoms in total. The zero-order valence-electron chi connectivity index (χ0n) is 16.0. The van der Waals surface area contributed by atoms with E-state index in [4.69, 9.17) is 0 Å². The van der Waals surface area contributed by atoms with Gasteiger partial charge in [0.15, 0.2) is 5.13 Å². The lowest BCUT2D eigenvalue weighted by Gasteiger charge is -2.35. The fraction of sp³-hybridized carbons (Fsp3) is 0.524. The van der Waals surface area contributed by atoms with Crippen LogP contribution in [0.4, 0.5) is 5.13 Å². The summed E-state index contributed by atoms with van der Waals surface area (Å²) in [5.74, 6) is 0.467. The van der Waals surface area contributed by atoms with E-state index < -0.39 is 0 Å². The molecule has 1 atom stereocenters. The summed E-state index contributed by atoms with van der Waals surface area (Å²) >= 11 is 1.38. The molecule has 1 aliphatic heterocycles. The average Bonchev–Trinajstić information content (AvgIpc) is 3.27. The van der Waals surface area contributed by atoms with Crippen LogP contribution in [0.25, 0.3) is 0 Å². The fourth-order valence-corrected chi connectivity index (χ4v) is 4.80. The first-order valence-corrected chi connectivity index (χ1v) is 11.1. The highest BCUT2D eigenvalue weighted by molar-refractivity contribution is 7.13. The maximum absolute atomic E-state index is 12.9. The molecule has 2 aromatic heterocycles. The van der Waals surface area contributed by atoms with E-state index in [2.05, 4.69) is 15.3 Å². The molecule has 3 heterocycles. The molecule has 4 rings (SSSR count). The van der Waals surface area contributed by atoms with E-state index in [9.17, 15) is 9.59 Å². The number of aromatic nitrogens is 2. The third kappa shape index (κ3) is 4.41. The Labute approximate surface area is 169 Å². The highest BCUT2D eigenvalue weighted by Crippen LogP contribution is 2.30. The molecule has 1 aliphatic carbocycles. The van der Waals surface area contributed by atoms with Crippen LogP contribution in [0.15, 0.2) is 29.8 Å². The van der Waals surface area contributed by atoms with E-state index in [1.165, 1.54) is 30.6 Å².